The second-order valence-corrected chi connectivity index (χ2v) is 14.6. The Labute approximate surface area is 160 Å². The van der Waals surface area contributed by atoms with E-state index in [1.54, 1.807) is 76.0 Å². The van der Waals surface area contributed by atoms with Crippen LogP contribution in [0.4, 0.5) is 0 Å². The second-order valence-electron chi connectivity index (χ2n) is 9.57. The maximum atomic E-state index is 1.70. The standard InChI is InChI=1S/C24H49P/c1-2-6-10-14-18-22-25(21-17-13-9-5-1)23-19-15-11-7-3-4-8-12-16-20-24-25/h25H,1-24H2. The van der Waals surface area contributed by atoms with Gasteiger partial charge in [0, 0.05) is 0 Å². The molecule has 150 valence electrons. The Bertz CT molecular complexity index is 237. The summed E-state index contributed by atoms with van der Waals surface area (Å²) in [4.78, 5) is 0. The Kier molecular flexibility index (Phi) is 12.6. The minimum atomic E-state index is -0.955. The molecule has 2 aliphatic heterocycles. The molecule has 1 heteroatoms. The molecule has 0 atom stereocenters. The molecule has 2 rings (SSSR count). The molecule has 0 aromatic carbocycles. The van der Waals surface area contributed by atoms with Gasteiger partial charge in [-0.05, 0) is 0 Å². The van der Waals surface area contributed by atoms with Crippen molar-refractivity contribution in [2.45, 2.75) is 128 Å². The van der Waals surface area contributed by atoms with E-state index in [0.29, 0.717) is 0 Å². The van der Waals surface area contributed by atoms with Crippen molar-refractivity contribution in [1.82, 2.24) is 0 Å². The van der Waals surface area contributed by atoms with Crippen molar-refractivity contribution in [3.63, 3.8) is 0 Å². The van der Waals surface area contributed by atoms with E-state index in [9.17, 15) is 0 Å². The zero-order chi connectivity index (χ0) is 17.5. The first-order valence-electron chi connectivity index (χ1n) is 12.4. The summed E-state index contributed by atoms with van der Waals surface area (Å²) in [5, 5.41) is 0. The van der Waals surface area contributed by atoms with Crippen molar-refractivity contribution in [3.8, 4) is 0 Å². The summed E-state index contributed by atoms with van der Waals surface area (Å²) in [6, 6.07) is 0. The van der Waals surface area contributed by atoms with Crippen LogP contribution in [0.3, 0.4) is 0 Å². The average molecular weight is 369 g/mol. The minimum absolute atomic E-state index is 0.955. The van der Waals surface area contributed by atoms with Crippen molar-refractivity contribution >= 4 is 7.26 Å². The first-order valence-corrected chi connectivity index (χ1v) is 15.2. The summed E-state index contributed by atoms with van der Waals surface area (Å²) >= 11 is 0. The molecule has 0 aromatic rings. The summed E-state index contributed by atoms with van der Waals surface area (Å²) in [5.41, 5.74) is 0. The van der Waals surface area contributed by atoms with Gasteiger partial charge in [0.15, 0.2) is 0 Å². The Morgan fingerprint density at radius 3 is 0.560 bits per heavy atom. The number of hydrogen-bond donors (Lipinski definition) is 0. The van der Waals surface area contributed by atoms with Crippen molar-refractivity contribution in [1.29, 1.82) is 0 Å². The average Bonchev–Trinajstić information content (AvgIpc) is 2.66. The van der Waals surface area contributed by atoms with E-state index in [4.69, 9.17) is 0 Å². The number of rotatable bonds is 0. The van der Waals surface area contributed by atoms with Crippen LogP contribution in [-0.4, -0.2) is 24.6 Å². The van der Waals surface area contributed by atoms with Crippen LogP contribution in [-0.2, 0) is 0 Å². The Balaban J connectivity index is 1.90. The molecule has 0 radical (unpaired) electrons. The molecule has 2 fully saturated rings. The third-order valence-corrected chi connectivity index (χ3v) is 13.0. The van der Waals surface area contributed by atoms with Gasteiger partial charge in [-0.1, -0.05) is 0 Å². The Morgan fingerprint density at radius 1 is 0.200 bits per heavy atom. The zero-order valence-corrected chi connectivity index (χ0v) is 18.5. The number of hydrogen-bond acceptors (Lipinski definition) is 0. The molecular formula is C24H49P. The topological polar surface area (TPSA) is 0 Å². The molecule has 2 aliphatic rings. The summed E-state index contributed by atoms with van der Waals surface area (Å²) in [5.74, 6) is 0. The first kappa shape index (κ1) is 21.7. The SMILES string of the molecule is C1CCCCCC[PH]2(CCCCC1)CCCCCCCCCCCC2. The van der Waals surface area contributed by atoms with E-state index in [0.717, 1.165) is 0 Å². The normalized spacial score (nSPS) is 28.2. The fourth-order valence-corrected chi connectivity index (χ4v) is 11.1. The van der Waals surface area contributed by atoms with Gasteiger partial charge >= 0.3 is 160 Å². The van der Waals surface area contributed by atoms with E-state index in [1.807, 2.05) is 0 Å². The fourth-order valence-electron chi connectivity index (χ4n) is 5.58. The Morgan fingerprint density at radius 2 is 0.360 bits per heavy atom. The summed E-state index contributed by atoms with van der Waals surface area (Å²) < 4.78 is 0. The molecule has 0 unspecified atom stereocenters. The molecule has 0 saturated carbocycles. The van der Waals surface area contributed by atoms with E-state index in [2.05, 4.69) is 0 Å². The van der Waals surface area contributed by atoms with Crippen molar-refractivity contribution in [2.24, 2.45) is 0 Å². The summed E-state index contributed by atoms with van der Waals surface area (Å²) in [6.45, 7) is 0. The third kappa shape index (κ3) is 10.4. The van der Waals surface area contributed by atoms with Gasteiger partial charge in [-0.25, -0.2) is 0 Å². The summed E-state index contributed by atoms with van der Waals surface area (Å²) in [6.07, 6.45) is 37.6. The van der Waals surface area contributed by atoms with Gasteiger partial charge in [0.2, 0.25) is 0 Å². The van der Waals surface area contributed by atoms with Gasteiger partial charge in [0.05, 0.1) is 0 Å². The van der Waals surface area contributed by atoms with Crippen LogP contribution in [0.15, 0.2) is 0 Å². The zero-order valence-electron chi connectivity index (χ0n) is 17.5. The quantitative estimate of drug-likeness (QED) is 0.376. The van der Waals surface area contributed by atoms with Crippen LogP contribution >= 0.6 is 7.26 Å². The van der Waals surface area contributed by atoms with Crippen molar-refractivity contribution < 1.29 is 0 Å². The first-order chi connectivity index (χ1) is 12.4. The van der Waals surface area contributed by atoms with E-state index < -0.39 is 7.26 Å². The van der Waals surface area contributed by atoms with E-state index in [1.165, 1.54) is 77.0 Å². The Hall–Kier alpha value is 0.430. The van der Waals surface area contributed by atoms with Crippen molar-refractivity contribution in [2.75, 3.05) is 24.6 Å². The second kappa shape index (κ2) is 14.5. The van der Waals surface area contributed by atoms with Crippen LogP contribution in [0.2, 0.25) is 0 Å². The van der Waals surface area contributed by atoms with E-state index >= 15 is 0 Å². The van der Waals surface area contributed by atoms with Gasteiger partial charge in [-0.15, -0.1) is 0 Å². The van der Waals surface area contributed by atoms with Crippen LogP contribution < -0.4 is 0 Å². The summed E-state index contributed by atoms with van der Waals surface area (Å²) in [7, 11) is -0.955. The van der Waals surface area contributed by atoms with Crippen LogP contribution in [0.25, 0.3) is 0 Å². The molecule has 0 nitrogen and oxygen atoms in total. The molecule has 0 aromatic heterocycles. The molecule has 2 heterocycles. The van der Waals surface area contributed by atoms with Crippen LogP contribution in [0, 0.1) is 0 Å². The van der Waals surface area contributed by atoms with Gasteiger partial charge in [-0.3, -0.25) is 0 Å². The molecule has 0 N–H and O–H groups in total. The molecule has 0 bridgehead atoms. The predicted molar refractivity (Wildman–Crippen MR) is 120 cm³/mol. The van der Waals surface area contributed by atoms with E-state index in [-0.39, 0.29) is 0 Å². The van der Waals surface area contributed by atoms with Gasteiger partial charge in [-0.2, -0.15) is 0 Å². The predicted octanol–water partition coefficient (Wildman–Crippen LogP) is 8.57. The molecule has 0 aliphatic carbocycles. The molecule has 1 spiro atoms. The third-order valence-electron chi connectivity index (χ3n) is 7.33. The van der Waals surface area contributed by atoms with Crippen LogP contribution in [0.5, 0.6) is 0 Å². The maximum absolute atomic E-state index is 1.70. The molecule has 25 heavy (non-hydrogen) atoms. The monoisotopic (exact) mass is 368 g/mol. The molecular weight excluding hydrogens is 319 g/mol. The van der Waals surface area contributed by atoms with Gasteiger partial charge < -0.3 is 0 Å². The molecule has 2 saturated heterocycles. The fraction of sp³-hybridized carbons (Fsp3) is 1.00. The van der Waals surface area contributed by atoms with Crippen LogP contribution in [0.1, 0.15) is 128 Å². The van der Waals surface area contributed by atoms with Gasteiger partial charge in [0.25, 0.3) is 0 Å². The molecule has 0 amide bonds. The van der Waals surface area contributed by atoms with Gasteiger partial charge in [0.1, 0.15) is 0 Å². The van der Waals surface area contributed by atoms with Crippen molar-refractivity contribution in [3.05, 3.63) is 0 Å².